The number of pyridine rings is 1. The summed E-state index contributed by atoms with van der Waals surface area (Å²) in [7, 11) is 0. The number of piperidine rings is 1. The van der Waals surface area contributed by atoms with Gasteiger partial charge in [0.25, 0.3) is 11.8 Å². The average molecular weight is 536 g/mol. The van der Waals surface area contributed by atoms with Gasteiger partial charge in [-0.15, -0.1) is 0 Å². The maximum Gasteiger partial charge on any atom is 0.253 e. The normalized spacial score (nSPS) is 16.1. The van der Waals surface area contributed by atoms with Crippen LogP contribution in [0.4, 0.5) is 0 Å². The maximum atomic E-state index is 13.2. The number of H-pyrrole nitrogens is 1. The van der Waals surface area contributed by atoms with E-state index in [0.717, 1.165) is 55.4 Å². The largest absolute Gasteiger partial charge is 0.358 e. The van der Waals surface area contributed by atoms with E-state index in [1.54, 1.807) is 31.5 Å². The molecule has 4 aromatic rings. The first-order chi connectivity index (χ1) is 19.4. The number of fused-ring (bicyclic) bond motifs is 3. The molecule has 1 saturated heterocycles. The SMILES string of the molecule is CC(=O)c1ccc(CN2CCc3[nH]c4ccc(C(=O)NC5CCN(C(=O)c6ccncc6)CC5)cc4c3C2)cc1. The highest BCUT2D eigenvalue weighted by molar-refractivity contribution is 5.99. The van der Waals surface area contributed by atoms with Crippen LogP contribution in [0.1, 0.15) is 67.7 Å². The van der Waals surface area contributed by atoms with E-state index in [-0.39, 0.29) is 23.6 Å². The third-order valence-corrected chi connectivity index (χ3v) is 8.13. The highest BCUT2D eigenvalue weighted by Gasteiger charge is 2.26. The molecule has 2 aromatic carbocycles. The standard InChI is InChI=1S/C32H33N5O3/c1-21(38)23-4-2-22(3-5-23)19-36-15-12-30-28(20-36)27-18-25(6-7-29(27)35-30)31(39)34-26-10-16-37(17-11-26)32(40)24-8-13-33-14-9-24/h2-9,13-14,18,26,35H,10-12,15-17,19-20H2,1H3,(H,34,39). The summed E-state index contributed by atoms with van der Waals surface area (Å²) in [4.78, 5) is 49.3. The first-order valence-corrected chi connectivity index (χ1v) is 13.9. The number of benzene rings is 2. The summed E-state index contributed by atoms with van der Waals surface area (Å²) >= 11 is 0. The van der Waals surface area contributed by atoms with Crippen molar-refractivity contribution in [1.82, 2.24) is 25.1 Å². The number of carbonyl (C=O) groups excluding carboxylic acids is 3. The molecule has 0 bridgehead atoms. The lowest BCUT2D eigenvalue weighted by Gasteiger charge is -2.32. The Morgan fingerprint density at radius 1 is 0.925 bits per heavy atom. The summed E-state index contributed by atoms with van der Waals surface area (Å²) in [6.45, 7) is 5.38. The number of ketones is 1. The smallest absolute Gasteiger partial charge is 0.253 e. The Bertz CT molecular complexity index is 1550. The molecule has 4 heterocycles. The van der Waals surface area contributed by atoms with E-state index in [2.05, 4.69) is 20.2 Å². The number of nitrogens with one attached hydrogen (secondary N) is 2. The van der Waals surface area contributed by atoms with Crippen LogP contribution in [-0.2, 0) is 19.5 Å². The Hall–Kier alpha value is -4.30. The summed E-state index contributed by atoms with van der Waals surface area (Å²) in [5, 5.41) is 4.29. The van der Waals surface area contributed by atoms with Crippen molar-refractivity contribution in [3.63, 3.8) is 0 Å². The number of hydrogen-bond acceptors (Lipinski definition) is 5. The van der Waals surface area contributed by atoms with Crippen molar-refractivity contribution in [2.24, 2.45) is 0 Å². The van der Waals surface area contributed by atoms with Crippen LogP contribution in [0.5, 0.6) is 0 Å². The number of aromatic amines is 1. The van der Waals surface area contributed by atoms with Gasteiger partial charge in [0.1, 0.15) is 0 Å². The van der Waals surface area contributed by atoms with Crippen molar-refractivity contribution in [2.45, 2.75) is 45.3 Å². The monoisotopic (exact) mass is 535 g/mol. The summed E-state index contributed by atoms with van der Waals surface area (Å²) in [5.74, 6) is 0.0142. The molecule has 2 aromatic heterocycles. The summed E-state index contributed by atoms with van der Waals surface area (Å²) in [5.41, 5.74) is 6.75. The second-order valence-electron chi connectivity index (χ2n) is 10.8. The second kappa shape index (κ2) is 11.1. The van der Waals surface area contributed by atoms with Gasteiger partial charge in [0, 0.05) is 90.9 Å². The lowest BCUT2D eigenvalue weighted by molar-refractivity contribution is 0.0697. The quantitative estimate of drug-likeness (QED) is 0.358. The van der Waals surface area contributed by atoms with Gasteiger partial charge in [-0.1, -0.05) is 24.3 Å². The molecule has 0 spiro atoms. The van der Waals surface area contributed by atoms with Gasteiger partial charge in [-0.25, -0.2) is 0 Å². The molecule has 8 heteroatoms. The fourth-order valence-electron chi connectivity index (χ4n) is 5.82. The molecular weight excluding hydrogens is 502 g/mol. The first-order valence-electron chi connectivity index (χ1n) is 13.9. The topological polar surface area (TPSA) is 98.4 Å². The molecule has 2 aliphatic heterocycles. The number of aromatic nitrogens is 2. The van der Waals surface area contributed by atoms with Crippen LogP contribution in [0.2, 0.25) is 0 Å². The van der Waals surface area contributed by atoms with Crippen LogP contribution in [0.3, 0.4) is 0 Å². The summed E-state index contributed by atoms with van der Waals surface area (Å²) < 4.78 is 0. The zero-order valence-electron chi connectivity index (χ0n) is 22.7. The Labute approximate surface area is 233 Å². The predicted molar refractivity (Wildman–Crippen MR) is 153 cm³/mol. The van der Waals surface area contributed by atoms with Crippen LogP contribution >= 0.6 is 0 Å². The third kappa shape index (κ3) is 5.40. The number of hydrogen-bond donors (Lipinski definition) is 2. The van der Waals surface area contributed by atoms with Gasteiger partial charge in [0.05, 0.1) is 0 Å². The van der Waals surface area contributed by atoms with Gasteiger partial charge in [0.2, 0.25) is 0 Å². The fraction of sp³-hybridized carbons (Fsp3) is 0.312. The van der Waals surface area contributed by atoms with E-state index in [1.165, 1.54) is 16.8 Å². The van der Waals surface area contributed by atoms with Crippen LogP contribution in [0.25, 0.3) is 10.9 Å². The molecule has 0 aliphatic carbocycles. The van der Waals surface area contributed by atoms with Gasteiger partial charge in [-0.05, 0) is 61.2 Å². The molecule has 2 N–H and O–H groups in total. The van der Waals surface area contributed by atoms with E-state index in [4.69, 9.17) is 0 Å². The second-order valence-corrected chi connectivity index (χ2v) is 10.8. The zero-order chi connectivity index (χ0) is 27.6. The number of amides is 2. The van der Waals surface area contributed by atoms with Gasteiger partial charge in [-0.2, -0.15) is 0 Å². The number of Topliss-reactive ketones (excluding diaryl/α,β-unsaturated/α-hetero) is 1. The number of rotatable bonds is 6. The van der Waals surface area contributed by atoms with Crippen LogP contribution < -0.4 is 5.32 Å². The molecular formula is C32H33N5O3. The highest BCUT2D eigenvalue weighted by Crippen LogP contribution is 2.29. The Morgan fingerprint density at radius 3 is 2.38 bits per heavy atom. The molecule has 0 radical (unpaired) electrons. The van der Waals surface area contributed by atoms with Gasteiger partial charge >= 0.3 is 0 Å². The van der Waals surface area contributed by atoms with Gasteiger partial charge in [0.15, 0.2) is 5.78 Å². The van der Waals surface area contributed by atoms with Crippen molar-refractivity contribution >= 4 is 28.5 Å². The van der Waals surface area contributed by atoms with E-state index < -0.39 is 0 Å². The third-order valence-electron chi connectivity index (χ3n) is 8.13. The Balaban J connectivity index is 1.09. The van der Waals surface area contributed by atoms with Crippen molar-refractivity contribution < 1.29 is 14.4 Å². The van der Waals surface area contributed by atoms with Crippen LogP contribution in [0, 0.1) is 0 Å². The summed E-state index contributed by atoms with van der Waals surface area (Å²) in [6.07, 6.45) is 5.64. The minimum Gasteiger partial charge on any atom is -0.358 e. The van der Waals surface area contributed by atoms with E-state index >= 15 is 0 Å². The molecule has 0 saturated carbocycles. The fourth-order valence-corrected chi connectivity index (χ4v) is 5.82. The molecule has 2 aliphatic rings. The average Bonchev–Trinajstić information content (AvgIpc) is 3.35. The lowest BCUT2D eigenvalue weighted by Crippen LogP contribution is -2.46. The predicted octanol–water partition coefficient (Wildman–Crippen LogP) is 4.36. The van der Waals surface area contributed by atoms with Gasteiger partial charge < -0.3 is 15.2 Å². The van der Waals surface area contributed by atoms with Crippen LogP contribution in [-0.4, -0.2) is 63.0 Å². The lowest BCUT2D eigenvalue weighted by atomic mass is 10.0. The molecule has 6 rings (SSSR count). The van der Waals surface area contributed by atoms with E-state index in [0.29, 0.717) is 24.2 Å². The van der Waals surface area contributed by atoms with Crippen molar-refractivity contribution in [1.29, 1.82) is 0 Å². The molecule has 0 unspecified atom stereocenters. The van der Waals surface area contributed by atoms with Crippen LogP contribution in [0.15, 0.2) is 67.0 Å². The minimum absolute atomic E-state index is 0.0111. The molecule has 8 nitrogen and oxygen atoms in total. The van der Waals surface area contributed by atoms with Crippen molar-refractivity contribution in [3.05, 3.63) is 101 Å². The number of carbonyl (C=O) groups is 3. The number of nitrogens with zero attached hydrogens (tertiary/aromatic N) is 3. The molecule has 2 amide bonds. The molecule has 40 heavy (non-hydrogen) atoms. The first kappa shape index (κ1) is 26.0. The maximum absolute atomic E-state index is 13.2. The van der Waals surface area contributed by atoms with Crippen molar-refractivity contribution in [2.75, 3.05) is 19.6 Å². The molecule has 204 valence electrons. The highest BCUT2D eigenvalue weighted by atomic mass is 16.2. The molecule has 0 atom stereocenters. The Kier molecular flexibility index (Phi) is 7.17. The van der Waals surface area contributed by atoms with E-state index in [1.807, 2.05) is 47.4 Å². The summed E-state index contributed by atoms with van der Waals surface area (Å²) in [6, 6.07) is 17.3. The van der Waals surface area contributed by atoms with E-state index in [9.17, 15) is 14.4 Å². The van der Waals surface area contributed by atoms with Gasteiger partial charge in [-0.3, -0.25) is 24.3 Å². The zero-order valence-corrected chi connectivity index (χ0v) is 22.7. The minimum atomic E-state index is -0.0750. The molecule has 1 fully saturated rings. The number of likely N-dealkylation sites (tertiary alicyclic amines) is 1. The van der Waals surface area contributed by atoms with Crippen molar-refractivity contribution in [3.8, 4) is 0 Å². The Morgan fingerprint density at radius 2 is 1.65 bits per heavy atom.